The molecule has 0 aliphatic rings. The Kier molecular flexibility index (Phi) is 3.41. The van der Waals surface area contributed by atoms with Crippen molar-refractivity contribution in [1.82, 2.24) is 10.9 Å². The molecule has 0 saturated carbocycles. The Hall–Kier alpha value is -2.67. The number of rotatable bonds is 2. The Morgan fingerprint density at radius 1 is 1.10 bits per heavy atom. The van der Waals surface area contributed by atoms with Gasteiger partial charge >= 0.3 is 5.91 Å². The van der Waals surface area contributed by atoms with Crippen LogP contribution in [0.25, 0.3) is 10.1 Å². The molecule has 0 atom stereocenters. The Balaban J connectivity index is 1.72. The van der Waals surface area contributed by atoms with Gasteiger partial charge in [-0.05, 0) is 30.3 Å². The maximum atomic E-state index is 13.6. The number of thiophene rings is 1. The molecule has 1 aromatic carbocycles. The molecule has 3 rings (SSSR count). The lowest BCUT2D eigenvalue weighted by Gasteiger charge is -2.03. The molecular weight excluding hydrogens is 295 g/mol. The average Bonchev–Trinajstić information content (AvgIpc) is 3.13. The van der Waals surface area contributed by atoms with Gasteiger partial charge in [-0.15, -0.1) is 11.3 Å². The van der Waals surface area contributed by atoms with E-state index in [4.69, 9.17) is 4.42 Å². The average molecular weight is 304 g/mol. The Morgan fingerprint density at radius 2 is 1.90 bits per heavy atom. The summed E-state index contributed by atoms with van der Waals surface area (Å²) in [5, 5.41) is 0.380. The molecule has 3 aromatic rings. The zero-order chi connectivity index (χ0) is 14.8. The van der Waals surface area contributed by atoms with E-state index < -0.39 is 11.8 Å². The van der Waals surface area contributed by atoms with Gasteiger partial charge in [-0.1, -0.05) is 6.07 Å². The highest BCUT2D eigenvalue weighted by molar-refractivity contribution is 7.20. The number of hydrogen-bond acceptors (Lipinski definition) is 4. The van der Waals surface area contributed by atoms with Crippen LogP contribution in [0.5, 0.6) is 0 Å². The Morgan fingerprint density at radius 3 is 2.62 bits per heavy atom. The first-order valence-corrected chi connectivity index (χ1v) is 6.79. The summed E-state index contributed by atoms with van der Waals surface area (Å²) < 4.78 is 19.1. The minimum absolute atomic E-state index is 0.0812. The SMILES string of the molecule is O=C(NNC(=O)c1cc2c(F)cccc2s1)c1ccco1. The van der Waals surface area contributed by atoms with E-state index >= 15 is 0 Å². The number of nitrogens with one attached hydrogen (secondary N) is 2. The van der Waals surface area contributed by atoms with Crippen molar-refractivity contribution in [2.75, 3.05) is 0 Å². The van der Waals surface area contributed by atoms with Crippen LogP contribution < -0.4 is 10.9 Å². The second-order valence-corrected chi connectivity index (χ2v) is 5.23. The van der Waals surface area contributed by atoms with E-state index in [1.165, 1.54) is 24.5 Å². The van der Waals surface area contributed by atoms with Gasteiger partial charge in [0, 0.05) is 10.1 Å². The standard InChI is InChI=1S/C14H9FN2O3S/c15-9-3-1-5-11-8(9)7-12(21-11)14(19)17-16-13(18)10-4-2-6-20-10/h1-7H,(H,16,18)(H,17,19). The molecule has 0 unspecified atom stereocenters. The van der Waals surface area contributed by atoms with Crippen molar-refractivity contribution in [3.05, 3.63) is 59.1 Å². The normalized spacial score (nSPS) is 10.5. The van der Waals surface area contributed by atoms with E-state index in [0.717, 1.165) is 11.3 Å². The highest BCUT2D eigenvalue weighted by Crippen LogP contribution is 2.27. The van der Waals surface area contributed by atoms with Crippen LogP contribution in [0.1, 0.15) is 20.2 Å². The smallest absolute Gasteiger partial charge is 0.305 e. The largest absolute Gasteiger partial charge is 0.459 e. The van der Waals surface area contributed by atoms with E-state index in [0.29, 0.717) is 15.0 Å². The molecule has 2 heterocycles. The van der Waals surface area contributed by atoms with E-state index in [-0.39, 0.29) is 11.6 Å². The Bertz CT molecular complexity index is 811. The first-order valence-electron chi connectivity index (χ1n) is 5.97. The monoisotopic (exact) mass is 304 g/mol. The number of halogens is 1. The van der Waals surface area contributed by atoms with Crippen LogP contribution >= 0.6 is 11.3 Å². The molecule has 21 heavy (non-hydrogen) atoms. The van der Waals surface area contributed by atoms with Gasteiger partial charge in [-0.25, -0.2) is 4.39 Å². The maximum absolute atomic E-state index is 13.6. The predicted molar refractivity (Wildman–Crippen MR) is 75.4 cm³/mol. The van der Waals surface area contributed by atoms with Crippen LogP contribution in [-0.2, 0) is 0 Å². The summed E-state index contributed by atoms with van der Waals surface area (Å²) in [6, 6.07) is 9.11. The number of hydrogen-bond donors (Lipinski definition) is 2. The minimum Gasteiger partial charge on any atom is -0.459 e. The fourth-order valence-electron chi connectivity index (χ4n) is 1.78. The van der Waals surface area contributed by atoms with Crippen molar-refractivity contribution in [3.8, 4) is 0 Å². The summed E-state index contributed by atoms with van der Waals surface area (Å²) >= 11 is 1.14. The predicted octanol–water partition coefficient (Wildman–Crippen LogP) is 2.71. The van der Waals surface area contributed by atoms with E-state index in [2.05, 4.69) is 10.9 Å². The number of carbonyl (C=O) groups excluding carboxylic acids is 2. The van der Waals surface area contributed by atoms with Gasteiger partial charge in [0.15, 0.2) is 5.76 Å². The lowest BCUT2D eigenvalue weighted by Crippen LogP contribution is -2.41. The van der Waals surface area contributed by atoms with Crippen LogP contribution in [0.3, 0.4) is 0 Å². The van der Waals surface area contributed by atoms with Gasteiger partial charge in [-0.3, -0.25) is 20.4 Å². The van der Waals surface area contributed by atoms with Gasteiger partial charge < -0.3 is 4.42 Å². The second-order valence-electron chi connectivity index (χ2n) is 4.15. The van der Waals surface area contributed by atoms with Crippen LogP contribution in [0.2, 0.25) is 0 Å². The third-order valence-electron chi connectivity index (χ3n) is 2.77. The molecule has 0 bridgehead atoms. The molecule has 0 radical (unpaired) electrons. The lowest BCUT2D eigenvalue weighted by molar-refractivity contribution is 0.0833. The summed E-state index contributed by atoms with van der Waals surface area (Å²) in [6.07, 6.45) is 1.35. The number of furan rings is 1. The zero-order valence-electron chi connectivity index (χ0n) is 10.6. The maximum Gasteiger partial charge on any atom is 0.305 e. The fraction of sp³-hybridized carbons (Fsp3) is 0. The van der Waals surface area contributed by atoms with E-state index in [1.54, 1.807) is 18.2 Å². The fourth-order valence-corrected chi connectivity index (χ4v) is 2.75. The molecule has 0 aliphatic heterocycles. The Labute approximate surface area is 122 Å². The summed E-state index contributed by atoms with van der Waals surface area (Å²) in [5.41, 5.74) is 4.48. The molecule has 0 spiro atoms. The first kappa shape index (κ1) is 13.3. The second kappa shape index (κ2) is 5.37. The van der Waals surface area contributed by atoms with Gasteiger partial charge in [0.25, 0.3) is 5.91 Å². The quantitative estimate of drug-likeness (QED) is 0.715. The topological polar surface area (TPSA) is 71.3 Å². The van der Waals surface area contributed by atoms with Gasteiger partial charge in [-0.2, -0.15) is 0 Å². The highest BCUT2D eigenvalue weighted by atomic mass is 32.1. The van der Waals surface area contributed by atoms with Crippen molar-refractivity contribution in [3.63, 3.8) is 0 Å². The third-order valence-corrected chi connectivity index (χ3v) is 3.87. The van der Waals surface area contributed by atoms with Crippen molar-refractivity contribution in [2.45, 2.75) is 0 Å². The summed E-state index contributed by atoms with van der Waals surface area (Å²) in [5.74, 6) is -1.39. The highest BCUT2D eigenvalue weighted by Gasteiger charge is 2.14. The number of benzene rings is 1. The molecule has 2 amide bonds. The van der Waals surface area contributed by atoms with Crippen molar-refractivity contribution in [2.24, 2.45) is 0 Å². The van der Waals surface area contributed by atoms with E-state index in [1.807, 2.05) is 0 Å². The first-order chi connectivity index (χ1) is 10.1. The molecule has 2 N–H and O–H groups in total. The van der Waals surface area contributed by atoms with Crippen LogP contribution in [0.4, 0.5) is 4.39 Å². The molecular formula is C14H9FN2O3S. The van der Waals surface area contributed by atoms with Crippen molar-refractivity contribution >= 4 is 33.2 Å². The number of hydrazine groups is 1. The number of amides is 2. The summed E-state index contributed by atoms with van der Waals surface area (Å²) in [4.78, 5) is 23.8. The molecule has 7 heteroatoms. The van der Waals surface area contributed by atoms with Crippen LogP contribution in [0, 0.1) is 5.82 Å². The van der Waals surface area contributed by atoms with Crippen molar-refractivity contribution in [1.29, 1.82) is 0 Å². The lowest BCUT2D eigenvalue weighted by atomic mass is 10.2. The summed E-state index contributed by atoms with van der Waals surface area (Å²) in [6.45, 7) is 0. The third kappa shape index (κ3) is 2.63. The minimum atomic E-state index is -0.569. The molecule has 0 fully saturated rings. The van der Waals surface area contributed by atoms with E-state index in [9.17, 15) is 14.0 Å². The van der Waals surface area contributed by atoms with Crippen LogP contribution in [-0.4, -0.2) is 11.8 Å². The van der Waals surface area contributed by atoms with Gasteiger partial charge in [0.05, 0.1) is 11.1 Å². The molecule has 0 saturated heterocycles. The van der Waals surface area contributed by atoms with Crippen molar-refractivity contribution < 1.29 is 18.4 Å². The zero-order valence-corrected chi connectivity index (χ0v) is 11.4. The van der Waals surface area contributed by atoms with Crippen LogP contribution in [0.15, 0.2) is 47.1 Å². The summed E-state index contributed by atoms with van der Waals surface area (Å²) in [7, 11) is 0. The number of fused-ring (bicyclic) bond motifs is 1. The molecule has 106 valence electrons. The molecule has 0 aliphatic carbocycles. The molecule has 2 aromatic heterocycles. The number of carbonyl (C=O) groups is 2. The van der Waals surface area contributed by atoms with Gasteiger partial charge in [0.1, 0.15) is 5.82 Å². The van der Waals surface area contributed by atoms with Gasteiger partial charge in [0.2, 0.25) is 0 Å². The molecule has 5 nitrogen and oxygen atoms in total.